The molecule has 3 rings (SSSR count). The van der Waals surface area contributed by atoms with Crippen molar-refractivity contribution in [2.75, 3.05) is 5.32 Å². The summed E-state index contributed by atoms with van der Waals surface area (Å²) in [5.74, 6) is -0.830. The standard InChI is InChI=1S/C24H15ClI2N2O4/c25-18-5-7-19(8-6-18)29-23(30)17(12-28)9-15-10-20(26)22(21(27)11-15)33-13-14-1-3-16(4-2-14)24(31)32/h1-11H,13H2,(H,29,30)(H,31,32)/b17-9-. The fourth-order valence-electron chi connectivity index (χ4n) is 2.75. The van der Waals surface area contributed by atoms with Crippen molar-refractivity contribution in [1.29, 1.82) is 5.26 Å². The van der Waals surface area contributed by atoms with Crippen LogP contribution >= 0.6 is 56.8 Å². The van der Waals surface area contributed by atoms with Crippen LogP contribution in [-0.4, -0.2) is 17.0 Å². The fraction of sp³-hybridized carbons (Fsp3) is 0.0417. The molecule has 0 bridgehead atoms. The number of carboxylic acid groups (broad SMARTS) is 1. The van der Waals surface area contributed by atoms with Crippen LogP contribution in [0.5, 0.6) is 5.75 Å². The van der Waals surface area contributed by atoms with Crippen LogP contribution in [0.4, 0.5) is 5.69 Å². The van der Waals surface area contributed by atoms with Crippen molar-refractivity contribution >= 4 is 80.4 Å². The normalized spacial score (nSPS) is 10.9. The van der Waals surface area contributed by atoms with Crippen molar-refractivity contribution in [2.24, 2.45) is 0 Å². The van der Waals surface area contributed by atoms with E-state index in [9.17, 15) is 14.9 Å². The van der Waals surface area contributed by atoms with Gasteiger partial charge in [-0.05, 0) is 111 Å². The summed E-state index contributed by atoms with van der Waals surface area (Å²) in [6.07, 6.45) is 1.52. The van der Waals surface area contributed by atoms with Crippen molar-refractivity contribution in [2.45, 2.75) is 6.61 Å². The Bertz CT molecular complexity index is 1240. The van der Waals surface area contributed by atoms with E-state index in [4.69, 9.17) is 21.4 Å². The number of carbonyl (C=O) groups is 2. The summed E-state index contributed by atoms with van der Waals surface area (Å²) in [5.41, 5.74) is 2.23. The van der Waals surface area contributed by atoms with Crippen LogP contribution in [0.2, 0.25) is 5.02 Å². The highest BCUT2D eigenvalue weighted by molar-refractivity contribution is 14.1. The number of carboxylic acids is 1. The van der Waals surface area contributed by atoms with Gasteiger partial charge < -0.3 is 15.2 Å². The lowest BCUT2D eigenvalue weighted by Crippen LogP contribution is -2.13. The highest BCUT2D eigenvalue weighted by atomic mass is 127. The zero-order valence-corrected chi connectivity index (χ0v) is 21.9. The average molecular weight is 685 g/mol. The van der Waals surface area contributed by atoms with Gasteiger partial charge >= 0.3 is 5.97 Å². The highest BCUT2D eigenvalue weighted by Crippen LogP contribution is 2.30. The number of carbonyl (C=O) groups excluding carboxylic acids is 1. The molecule has 33 heavy (non-hydrogen) atoms. The molecule has 0 fully saturated rings. The molecule has 0 saturated carbocycles. The lowest BCUT2D eigenvalue weighted by Gasteiger charge is -2.12. The number of benzene rings is 3. The van der Waals surface area contributed by atoms with Gasteiger partial charge in [0.05, 0.1) is 12.7 Å². The Balaban J connectivity index is 1.74. The molecule has 0 aliphatic carbocycles. The molecule has 6 nitrogen and oxygen atoms in total. The quantitative estimate of drug-likeness (QED) is 0.171. The first-order valence-corrected chi connectivity index (χ1v) is 11.9. The molecule has 0 heterocycles. The summed E-state index contributed by atoms with van der Waals surface area (Å²) in [7, 11) is 0. The predicted octanol–water partition coefficient (Wildman–Crippen LogP) is 6.37. The molecule has 0 radical (unpaired) electrons. The number of hydrogen-bond acceptors (Lipinski definition) is 4. The first kappa shape index (κ1) is 25.0. The summed E-state index contributed by atoms with van der Waals surface area (Å²) >= 11 is 10.1. The highest BCUT2D eigenvalue weighted by Gasteiger charge is 2.13. The molecule has 3 aromatic rings. The van der Waals surface area contributed by atoms with E-state index in [-0.39, 0.29) is 17.7 Å². The third-order valence-electron chi connectivity index (χ3n) is 4.38. The molecule has 0 atom stereocenters. The van der Waals surface area contributed by atoms with E-state index in [1.807, 2.05) is 18.2 Å². The molecule has 1 amide bonds. The second-order valence-electron chi connectivity index (χ2n) is 6.74. The Morgan fingerprint density at radius 2 is 1.67 bits per heavy atom. The van der Waals surface area contributed by atoms with Crippen molar-refractivity contribution in [3.05, 3.63) is 95.1 Å². The molecule has 0 aromatic heterocycles. The first-order chi connectivity index (χ1) is 15.8. The summed E-state index contributed by atoms with van der Waals surface area (Å²) in [4.78, 5) is 23.5. The number of nitrogens with one attached hydrogen (secondary N) is 1. The second-order valence-corrected chi connectivity index (χ2v) is 9.50. The molecule has 0 aliphatic heterocycles. The van der Waals surface area contributed by atoms with Crippen LogP contribution in [0.3, 0.4) is 0 Å². The van der Waals surface area contributed by atoms with Crippen molar-refractivity contribution in [3.63, 3.8) is 0 Å². The third kappa shape index (κ3) is 6.93. The van der Waals surface area contributed by atoms with Gasteiger partial charge in [-0.25, -0.2) is 4.79 Å². The first-order valence-electron chi connectivity index (χ1n) is 9.39. The molecular weight excluding hydrogens is 670 g/mol. The van der Waals surface area contributed by atoms with Crippen molar-refractivity contribution in [3.8, 4) is 11.8 Å². The van der Waals surface area contributed by atoms with Crippen molar-refractivity contribution < 1.29 is 19.4 Å². The topological polar surface area (TPSA) is 99.4 Å². The van der Waals surface area contributed by atoms with E-state index in [1.54, 1.807) is 36.4 Å². The second kappa shape index (κ2) is 11.5. The van der Waals surface area contributed by atoms with Gasteiger partial charge in [-0.3, -0.25) is 4.79 Å². The van der Waals surface area contributed by atoms with Crippen LogP contribution in [0.1, 0.15) is 21.5 Å². The molecule has 0 saturated heterocycles. The number of amides is 1. The summed E-state index contributed by atoms with van der Waals surface area (Å²) in [5, 5.41) is 21.7. The minimum Gasteiger partial charge on any atom is -0.487 e. The third-order valence-corrected chi connectivity index (χ3v) is 6.24. The molecule has 166 valence electrons. The van der Waals surface area contributed by atoms with Crippen LogP contribution < -0.4 is 10.1 Å². The monoisotopic (exact) mass is 684 g/mol. The Kier molecular flexibility index (Phi) is 8.71. The molecule has 0 spiro atoms. The fourth-order valence-corrected chi connectivity index (χ4v) is 5.00. The van der Waals surface area contributed by atoms with Gasteiger partial charge in [-0.1, -0.05) is 23.7 Å². The Morgan fingerprint density at radius 3 is 2.21 bits per heavy atom. The summed E-state index contributed by atoms with van der Waals surface area (Å²) in [6.45, 7) is 0.272. The number of rotatable bonds is 7. The average Bonchev–Trinajstić information content (AvgIpc) is 2.78. The number of anilines is 1. The zero-order chi connectivity index (χ0) is 24.0. The van der Waals surface area contributed by atoms with Gasteiger partial charge in [0.2, 0.25) is 0 Å². The molecule has 9 heteroatoms. The minimum atomic E-state index is -0.978. The number of nitrogens with zero attached hydrogens (tertiary/aromatic N) is 1. The van der Waals surface area contributed by atoms with Crippen LogP contribution in [0.25, 0.3) is 6.08 Å². The van der Waals surface area contributed by atoms with Gasteiger partial charge in [-0.2, -0.15) is 5.26 Å². The number of halogens is 3. The maximum absolute atomic E-state index is 12.5. The number of nitriles is 1. The Morgan fingerprint density at radius 1 is 1.06 bits per heavy atom. The van der Waals surface area contributed by atoms with E-state index in [0.717, 1.165) is 12.7 Å². The van der Waals surface area contributed by atoms with E-state index < -0.39 is 11.9 Å². The molecule has 2 N–H and O–H groups in total. The largest absolute Gasteiger partial charge is 0.487 e. The molecular formula is C24H15ClI2N2O4. The minimum absolute atomic E-state index is 0.0382. The maximum atomic E-state index is 12.5. The predicted molar refractivity (Wildman–Crippen MR) is 143 cm³/mol. The van der Waals surface area contributed by atoms with Gasteiger partial charge in [0.15, 0.2) is 0 Å². The Labute approximate surface area is 222 Å². The molecule has 3 aromatic carbocycles. The lowest BCUT2D eigenvalue weighted by molar-refractivity contribution is -0.112. The van der Waals surface area contributed by atoms with E-state index >= 15 is 0 Å². The van der Waals surface area contributed by atoms with Gasteiger partial charge in [0.25, 0.3) is 5.91 Å². The van der Waals surface area contributed by atoms with Crippen LogP contribution in [-0.2, 0) is 11.4 Å². The van der Waals surface area contributed by atoms with E-state index in [1.165, 1.54) is 18.2 Å². The summed E-state index contributed by atoms with van der Waals surface area (Å²) < 4.78 is 7.56. The van der Waals surface area contributed by atoms with Crippen LogP contribution in [0, 0.1) is 18.5 Å². The SMILES string of the molecule is N#C/C(=C/c1cc(I)c(OCc2ccc(C(=O)O)cc2)c(I)c1)C(=O)Nc1ccc(Cl)cc1. The van der Waals surface area contributed by atoms with E-state index in [2.05, 4.69) is 50.5 Å². The Hall–Kier alpha value is -2.62. The van der Waals surface area contributed by atoms with Gasteiger partial charge in [-0.15, -0.1) is 0 Å². The molecule has 0 aliphatic rings. The van der Waals surface area contributed by atoms with Crippen LogP contribution in [0.15, 0.2) is 66.2 Å². The maximum Gasteiger partial charge on any atom is 0.335 e. The van der Waals surface area contributed by atoms with Crippen molar-refractivity contribution in [1.82, 2.24) is 0 Å². The van der Waals surface area contributed by atoms with Gasteiger partial charge in [0, 0.05) is 10.7 Å². The number of ether oxygens (including phenoxy) is 1. The van der Waals surface area contributed by atoms with E-state index in [0.29, 0.717) is 22.0 Å². The molecule has 0 unspecified atom stereocenters. The lowest BCUT2D eigenvalue weighted by atomic mass is 10.1. The van der Waals surface area contributed by atoms with Gasteiger partial charge in [0.1, 0.15) is 24.0 Å². The summed E-state index contributed by atoms with van der Waals surface area (Å²) in [6, 6.07) is 18.7. The smallest absolute Gasteiger partial charge is 0.335 e. The zero-order valence-electron chi connectivity index (χ0n) is 16.8. The number of hydrogen-bond donors (Lipinski definition) is 2. The number of aromatic carboxylic acids is 1.